The SMILES string of the molecule is CCOC(=O)CSC1=NNC2N(c3ccc(OC)cc3)C(=O)c3c(sc4c3CCCC4)N12. The van der Waals surface area contributed by atoms with Crippen molar-refractivity contribution in [2.75, 3.05) is 29.3 Å². The van der Waals surface area contributed by atoms with E-state index in [1.165, 1.54) is 22.2 Å². The summed E-state index contributed by atoms with van der Waals surface area (Å²) in [6, 6.07) is 7.45. The molecule has 1 amide bonds. The van der Waals surface area contributed by atoms with Gasteiger partial charge in [0.1, 0.15) is 10.8 Å². The Labute approximate surface area is 194 Å². The summed E-state index contributed by atoms with van der Waals surface area (Å²) in [5, 5.41) is 6.07. The first-order chi connectivity index (χ1) is 15.6. The summed E-state index contributed by atoms with van der Waals surface area (Å²) in [4.78, 5) is 30.8. The van der Waals surface area contributed by atoms with Crippen LogP contribution in [0.5, 0.6) is 5.75 Å². The minimum Gasteiger partial charge on any atom is -0.497 e. The molecule has 1 aliphatic carbocycles. The third-order valence-electron chi connectivity index (χ3n) is 5.75. The number of nitrogens with zero attached hydrogens (tertiary/aromatic N) is 3. The number of hydrogen-bond donors (Lipinski definition) is 1. The minimum absolute atomic E-state index is 0.0230. The number of hydrogen-bond acceptors (Lipinski definition) is 9. The smallest absolute Gasteiger partial charge is 0.316 e. The number of esters is 1. The molecule has 0 saturated heterocycles. The Hall–Kier alpha value is -2.72. The van der Waals surface area contributed by atoms with E-state index in [9.17, 15) is 9.59 Å². The molecule has 2 aliphatic heterocycles. The molecule has 10 heteroatoms. The maximum atomic E-state index is 13.8. The molecular formula is C22H24N4O4S2. The minimum atomic E-state index is -0.492. The normalized spacial score (nSPS) is 19.0. The quantitative estimate of drug-likeness (QED) is 0.666. The van der Waals surface area contributed by atoms with Gasteiger partial charge < -0.3 is 9.47 Å². The number of carbonyl (C=O) groups is 2. The van der Waals surface area contributed by atoms with Gasteiger partial charge in [0.25, 0.3) is 5.91 Å². The molecule has 8 nitrogen and oxygen atoms in total. The van der Waals surface area contributed by atoms with Crippen LogP contribution in [0.3, 0.4) is 0 Å². The zero-order valence-electron chi connectivity index (χ0n) is 17.9. The summed E-state index contributed by atoms with van der Waals surface area (Å²) in [7, 11) is 1.62. The Morgan fingerprint density at radius 3 is 2.78 bits per heavy atom. The molecule has 3 heterocycles. The summed E-state index contributed by atoms with van der Waals surface area (Å²) in [5.74, 6) is 0.582. The molecule has 1 atom stereocenters. The molecule has 0 spiro atoms. The summed E-state index contributed by atoms with van der Waals surface area (Å²) < 4.78 is 10.4. The molecule has 32 heavy (non-hydrogen) atoms. The molecule has 0 bridgehead atoms. The lowest BCUT2D eigenvalue weighted by Crippen LogP contribution is -2.58. The van der Waals surface area contributed by atoms with Crippen LogP contribution in [0.15, 0.2) is 29.4 Å². The molecule has 168 valence electrons. The van der Waals surface area contributed by atoms with Crippen LogP contribution in [-0.4, -0.2) is 42.8 Å². The van der Waals surface area contributed by atoms with Crippen molar-refractivity contribution < 1.29 is 19.1 Å². The van der Waals surface area contributed by atoms with E-state index >= 15 is 0 Å². The summed E-state index contributed by atoms with van der Waals surface area (Å²) in [5.41, 5.74) is 5.81. The molecule has 0 radical (unpaired) electrons. The van der Waals surface area contributed by atoms with Crippen LogP contribution in [0.2, 0.25) is 0 Å². The fourth-order valence-electron chi connectivity index (χ4n) is 4.30. The highest BCUT2D eigenvalue weighted by Crippen LogP contribution is 2.47. The van der Waals surface area contributed by atoms with Crippen molar-refractivity contribution in [1.29, 1.82) is 0 Å². The van der Waals surface area contributed by atoms with Gasteiger partial charge in [-0.05, 0) is 62.4 Å². The molecule has 3 aliphatic rings. The van der Waals surface area contributed by atoms with Crippen molar-refractivity contribution in [3.05, 3.63) is 40.3 Å². The molecule has 2 aromatic rings. The van der Waals surface area contributed by atoms with Gasteiger partial charge in [-0.3, -0.25) is 24.8 Å². The number of nitrogens with one attached hydrogen (secondary N) is 1. The Bertz CT molecular complexity index is 1080. The monoisotopic (exact) mass is 472 g/mol. The van der Waals surface area contributed by atoms with Crippen LogP contribution in [0.1, 0.15) is 40.6 Å². The number of ether oxygens (including phenoxy) is 2. The van der Waals surface area contributed by atoms with E-state index in [4.69, 9.17) is 9.47 Å². The van der Waals surface area contributed by atoms with E-state index in [1.54, 1.807) is 30.3 Å². The Morgan fingerprint density at radius 2 is 2.03 bits per heavy atom. The number of hydrazone groups is 1. The van der Waals surface area contributed by atoms with Gasteiger partial charge in [-0.1, -0.05) is 11.8 Å². The number of aryl methyl sites for hydroxylation is 1. The topological polar surface area (TPSA) is 83.5 Å². The van der Waals surface area contributed by atoms with Crippen molar-refractivity contribution >= 4 is 50.8 Å². The van der Waals surface area contributed by atoms with Gasteiger partial charge in [0, 0.05) is 10.6 Å². The van der Waals surface area contributed by atoms with E-state index < -0.39 is 6.29 Å². The van der Waals surface area contributed by atoms with Crippen LogP contribution >= 0.6 is 23.1 Å². The number of methoxy groups -OCH3 is 1. The largest absolute Gasteiger partial charge is 0.497 e. The zero-order valence-corrected chi connectivity index (χ0v) is 19.6. The van der Waals surface area contributed by atoms with Gasteiger partial charge in [-0.15, -0.1) is 11.3 Å². The third-order valence-corrected chi connectivity index (χ3v) is 7.97. The number of carbonyl (C=O) groups excluding carboxylic acids is 2. The van der Waals surface area contributed by atoms with E-state index in [0.29, 0.717) is 11.8 Å². The maximum absolute atomic E-state index is 13.8. The fraction of sp³-hybridized carbons (Fsp3) is 0.409. The average molecular weight is 473 g/mol. The van der Waals surface area contributed by atoms with E-state index in [0.717, 1.165) is 47.7 Å². The first kappa shape index (κ1) is 21.1. The van der Waals surface area contributed by atoms with Crippen molar-refractivity contribution in [1.82, 2.24) is 5.43 Å². The zero-order chi connectivity index (χ0) is 22.2. The lowest BCUT2D eigenvalue weighted by Gasteiger charge is -2.39. The van der Waals surface area contributed by atoms with Gasteiger partial charge in [0.2, 0.25) is 6.29 Å². The van der Waals surface area contributed by atoms with E-state index in [2.05, 4.69) is 10.5 Å². The number of thiophene rings is 1. The molecule has 1 unspecified atom stereocenters. The van der Waals surface area contributed by atoms with Crippen LogP contribution in [0.4, 0.5) is 10.7 Å². The van der Waals surface area contributed by atoms with Gasteiger partial charge in [-0.2, -0.15) is 5.10 Å². The molecule has 0 saturated carbocycles. The van der Waals surface area contributed by atoms with Crippen LogP contribution < -0.4 is 20.0 Å². The summed E-state index contributed by atoms with van der Waals surface area (Å²) in [6.07, 6.45) is 3.65. The molecular weight excluding hydrogens is 448 g/mol. The highest BCUT2D eigenvalue weighted by Gasteiger charge is 2.47. The fourth-order valence-corrected chi connectivity index (χ4v) is 6.54. The number of rotatable bonds is 5. The average Bonchev–Trinajstić information content (AvgIpc) is 3.40. The van der Waals surface area contributed by atoms with Crippen molar-refractivity contribution in [2.24, 2.45) is 5.10 Å². The van der Waals surface area contributed by atoms with E-state index in [-0.39, 0.29) is 17.6 Å². The van der Waals surface area contributed by atoms with Gasteiger partial charge >= 0.3 is 5.97 Å². The van der Waals surface area contributed by atoms with Crippen LogP contribution in [0.25, 0.3) is 0 Å². The Morgan fingerprint density at radius 1 is 1.25 bits per heavy atom. The standard InChI is InChI=1S/C22H24N4O4S2/c1-3-30-17(27)12-31-22-24-23-21-25(13-8-10-14(29-2)11-9-13)19(28)18-15-6-4-5-7-16(15)32-20(18)26(21)22/h8-11,21,23H,3-7,12H2,1-2H3. The summed E-state index contributed by atoms with van der Waals surface area (Å²) in [6.45, 7) is 2.14. The highest BCUT2D eigenvalue weighted by atomic mass is 32.2. The van der Waals surface area contributed by atoms with E-state index in [1.807, 2.05) is 29.2 Å². The number of benzene rings is 1. The third kappa shape index (κ3) is 3.51. The second-order valence-electron chi connectivity index (χ2n) is 7.63. The number of amides is 1. The van der Waals surface area contributed by atoms with Crippen molar-refractivity contribution in [3.8, 4) is 5.75 Å². The van der Waals surface area contributed by atoms with Gasteiger partial charge in [-0.25, -0.2) is 0 Å². The lowest BCUT2D eigenvalue weighted by atomic mass is 9.94. The molecule has 1 aromatic carbocycles. The van der Waals surface area contributed by atoms with Crippen molar-refractivity contribution in [2.45, 2.75) is 38.9 Å². The maximum Gasteiger partial charge on any atom is 0.316 e. The molecule has 1 aromatic heterocycles. The second-order valence-corrected chi connectivity index (χ2v) is 9.65. The number of thioether (sulfide) groups is 1. The first-order valence-corrected chi connectivity index (χ1v) is 12.5. The summed E-state index contributed by atoms with van der Waals surface area (Å²) >= 11 is 3.00. The highest BCUT2D eigenvalue weighted by molar-refractivity contribution is 8.14. The molecule has 1 N–H and O–H groups in total. The number of amidine groups is 1. The van der Waals surface area contributed by atoms with Gasteiger partial charge in [0.05, 0.1) is 25.0 Å². The number of fused-ring (bicyclic) bond motifs is 5. The van der Waals surface area contributed by atoms with Gasteiger partial charge in [0.15, 0.2) is 5.17 Å². The Kier molecular flexibility index (Phi) is 5.73. The molecule has 5 rings (SSSR count). The lowest BCUT2D eigenvalue weighted by molar-refractivity contribution is -0.139. The van der Waals surface area contributed by atoms with Crippen molar-refractivity contribution in [3.63, 3.8) is 0 Å². The van der Waals surface area contributed by atoms with Crippen LogP contribution in [-0.2, 0) is 22.4 Å². The predicted octanol–water partition coefficient (Wildman–Crippen LogP) is 3.56. The first-order valence-electron chi connectivity index (χ1n) is 10.7. The Balaban J connectivity index is 1.54. The number of anilines is 2. The van der Waals surface area contributed by atoms with Crippen LogP contribution in [0, 0.1) is 0 Å². The predicted molar refractivity (Wildman–Crippen MR) is 127 cm³/mol. The second kappa shape index (κ2) is 8.67. The molecule has 0 fully saturated rings.